The van der Waals surface area contributed by atoms with E-state index in [2.05, 4.69) is 72.8 Å². The zero-order chi connectivity index (χ0) is 13.1. The van der Waals surface area contributed by atoms with E-state index in [4.69, 9.17) is 0 Å². The summed E-state index contributed by atoms with van der Waals surface area (Å²) in [4.78, 5) is 0. The third-order valence-electron chi connectivity index (χ3n) is 4.39. The van der Waals surface area contributed by atoms with Crippen molar-refractivity contribution in [2.24, 2.45) is 0 Å². The van der Waals surface area contributed by atoms with Crippen LogP contribution < -0.4 is 29.6 Å². The summed E-state index contributed by atoms with van der Waals surface area (Å²) in [5.41, 5.74) is 0. The molecule has 0 aromatic heterocycles. The number of hydrogen-bond acceptors (Lipinski definition) is 0. The molecular weight excluding hydrogens is 263 g/mol. The summed E-state index contributed by atoms with van der Waals surface area (Å²) in [5.74, 6) is 0. The Morgan fingerprint density at radius 1 is 0.429 bits per heavy atom. The quantitative estimate of drug-likeness (QED) is 0.232. The van der Waals surface area contributed by atoms with E-state index in [0.29, 0.717) is 0 Å². The largest absolute Gasteiger partial charge is 1.00 e. The van der Waals surface area contributed by atoms with Gasteiger partial charge >= 0.3 is 29.6 Å². The minimum absolute atomic E-state index is 0. The second-order valence-corrected chi connectivity index (χ2v) is 5.42. The van der Waals surface area contributed by atoms with Gasteiger partial charge in [-0.15, -0.1) is 0 Å². The van der Waals surface area contributed by atoms with E-state index in [-0.39, 0.29) is 31.0 Å². The maximum Gasteiger partial charge on any atom is 1.00 e. The Kier molecular flexibility index (Phi) is 2.93. The normalized spacial score (nSPS) is 11.4. The molecule has 0 aliphatic carbocycles. The Morgan fingerprint density at radius 3 is 1.00 bits per heavy atom. The van der Waals surface area contributed by atoms with Crippen LogP contribution in [-0.4, -0.2) is 0 Å². The van der Waals surface area contributed by atoms with Crippen LogP contribution in [0.1, 0.15) is 1.43 Å². The summed E-state index contributed by atoms with van der Waals surface area (Å²) in [7, 11) is 0. The summed E-state index contributed by atoms with van der Waals surface area (Å²) in [5, 5.41) is 10.9. The first-order chi connectivity index (χ1) is 9.93. The van der Waals surface area contributed by atoms with Crippen LogP contribution in [0, 0.1) is 0 Å². The van der Waals surface area contributed by atoms with Gasteiger partial charge in [-0.3, -0.25) is 0 Å². The fourth-order valence-corrected chi connectivity index (χ4v) is 3.58. The maximum atomic E-state index is 2.25. The van der Waals surface area contributed by atoms with Crippen molar-refractivity contribution in [3.8, 4) is 0 Å². The van der Waals surface area contributed by atoms with Crippen molar-refractivity contribution in [2.45, 2.75) is 0 Å². The number of hydrogen-bond donors (Lipinski definition) is 0. The van der Waals surface area contributed by atoms with Crippen LogP contribution >= 0.6 is 0 Å². The minimum Gasteiger partial charge on any atom is -1.00 e. The summed E-state index contributed by atoms with van der Waals surface area (Å²) in [6.45, 7) is 0. The van der Waals surface area contributed by atoms with Crippen LogP contribution in [0.15, 0.2) is 72.8 Å². The molecule has 0 radical (unpaired) electrons. The average Bonchev–Trinajstić information content (AvgIpc) is 2.52. The molecule has 0 atom stereocenters. The van der Waals surface area contributed by atoms with Gasteiger partial charge in [0, 0.05) is 0 Å². The van der Waals surface area contributed by atoms with E-state index in [0.717, 1.165) is 0 Å². The Morgan fingerprint density at radius 2 is 0.714 bits per heavy atom. The monoisotopic (exact) mass is 276 g/mol. The standard InChI is InChI=1S/C20H12.Na.H/c1-5-13-6-2-11-17-18-12-4-8-14-7-3-10-16(20(14)18)15(9-1)19(13)17;;/h1-12H;;/q;+1;-1. The van der Waals surface area contributed by atoms with E-state index in [9.17, 15) is 0 Å². The maximum absolute atomic E-state index is 2.25. The van der Waals surface area contributed by atoms with Crippen molar-refractivity contribution in [1.29, 1.82) is 0 Å². The summed E-state index contributed by atoms with van der Waals surface area (Å²) in [6, 6.07) is 26.4. The van der Waals surface area contributed by atoms with Crippen molar-refractivity contribution in [3.05, 3.63) is 72.8 Å². The van der Waals surface area contributed by atoms with Gasteiger partial charge < -0.3 is 1.43 Å². The van der Waals surface area contributed by atoms with Crippen LogP contribution in [0.5, 0.6) is 0 Å². The van der Waals surface area contributed by atoms with E-state index in [1.54, 1.807) is 0 Å². The van der Waals surface area contributed by atoms with Gasteiger partial charge in [-0.1, -0.05) is 72.8 Å². The molecule has 0 bridgehead atoms. The van der Waals surface area contributed by atoms with Crippen molar-refractivity contribution >= 4 is 43.1 Å². The van der Waals surface area contributed by atoms with Gasteiger partial charge in [-0.05, 0) is 43.1 Å². The Balaban J connectivity index is 0.000000720. The van der Waals surface area contributed by atoms with Crippen molar-refractivity contribution in [1.82, 2.24) is 0 Å². The molecule has 0 fully saturated rings. The van der Waals surface area contributed by atoms with Crippen LogP contribution in [-0.2, 0) is 0 Å². The van der Waals surface area contributed by atoms with E-state index in [1.807, 2.05) is 0 Å². The van der Waals surface area contributed by atoms with Gasteiger partial charge in [0.1, 0.15) is 0 Å². The fourth-order valence-electron chi connectivity index (χ4n) is 3.58. The molecule has 5 aromatic rings. The van der Waals surface area contributed by atoms with Gasteiger partial charge in [0.15, 0.2) is 0 Å². The van der Waals surface area contributed by atoms with Gasteiger partial charge in [0.25, 0.3) is 0 Å². The van der Waals surface area contributed by atoms with Crippen LogP contribution in [0.2, 0.25) is 0 Å². The second-order valence-electron chi connectivity index (χ2n) is 5.42. The predicted molar refractivity (Wildman–Crippen MR) is 88.8 cm³/mol. The molecular formula is C20H13Na. The molecule has 0 saturated carbocycles. The first-order valence-electron chi connectivity index (χ1n) is 6.98. The first-order valence-corrected chi connectivity index (χ1v) is 6.98. The van der Waals surface area contributed by atoms with Crippen LogP contribution in [0.4, 0.5) is 0 Å². The molecule has 0 aliphatic heterocycles. The van der Waals surface area contributed by atoms with Crippen molar-refractivity contribution < 1.29 is 31.0 Å². The first kappa shape index (κ1) is 13.1. The van der Waals surface area contributed by atoms with Crippen LogP contribution in [0.25, 0.3) is 43.1 Å². The van der Waals surface area contributed by atoms with Crippen molar-refractivity contribution in [3.63, 3.8) is 0 Å². The molecule has 94 valence electrons. The zero-order valence-corrected chi connectivity index (χ0v) is 13.9. The fraction of sp³-hybridized carbons (Fsp3) is 0. The molecule has 0 spiro atoms. The summed E-state index contributed by atoms with van der Waals surface area (Å²) < 4.78 is 0. The molecule has 5 aromatic carbocycles. The van der Waals surface area contributed by atoms with Gasteiger partial charge in [0.05, 0.1) is 0 Å². The molecule has 0 nitrogen and oxygen atoms in total. The molecule has 0 unspecified atom stereocenters. The zero-order valence-electron chi connectivity index (χ0n) is 12.9. The molecule has 0 N–H and O–H groups in total. The predicted octanol–water partition coefficient (Wildman–Crippen LogP) is 2.85. The van der Waals surface area contributed by atoms with Crippen LogP contribution in [0.3, 0.4) is 0 Å². The number of fused-ring (bicyclic) bond motifs is 2. The molecule has 0 heterocycles. The Bertz CT molecular complexity index is 929. The molecule has 0 amide bonds. The topological polar surface area (TPSA) is 0 Å². The minimum atomic E-state index is 0. The van der Waals surface area contributed by atoms with Gasteiger partial charge in [-0.25, -0.2) is 0 Å². The third kappa shape index (κ3) is 1.67. The molecule has 5 rings (SSSR count). The summed E-state index contributed by atoms with van der Waals surface area (Å²) >= 11 is 0. The van der Waals surface area contributed by atoms with E-state index in [1.165, 1.54) is 43.1 Å². The molecule has 0 aliphatic rings. The van der Waals surface area contributed by atoms with Gasteiger partial charge in [0.2, 0.25) is 0 Å². The number of rotatable bonds is 0. The van der Waals surface area contributed by atoms with E-state index >= 15 is 0 Å². The average molecular weight is 276 g/mol. The van der Waals surface area contributed by atoms with Gasteiger partial charge in [-0.2, -0.15) is 0 Å². The second kappa shape index (κ2) is 4.71. The molecule has 0 saturated heterocycles. The van der Waals surface area contributed by atoms with Crippen molar-refractivity contribution in [2.75, 3.05) is 0 Å². The summed E-state index contributed by atoms with van der Waals surface area (Å²) in [6.07, 6.45) is 0. The SMILES string of the molecule is [H-].[Na+].c1cc2cccc3c4cccc5cccc(c(c1)c23)c54. The number of benzene rings is 5. The smallest absolute Gasteiger partial charge is 1.00 e. The third-order valence-corrected chi connectivity index (χ3v) is 4.39. The Hall–Kier alpha value is -1.60. The molecule has 1 heteroatoms. The Labute approximate surface area is 146 Å². The molecule has 21 heavy (non-hydrogen) atoms. The van der Waals surface area contributed by atoms with E-state index < -0.39 is 0 Å².